The zero-order valence-corrected chi connectivity index (χ0v) is 53.4. The molecular weight excluding hydrogens is 1180 g/mol. The number of carbonyl (C=O) groups is 1. The molecule has 6 aromatic rings. The Labute approximate surface area is 491 Å². The number of hydrogen-bond donors (Lipinski definition) is 0. The molecule has 4 unspecified atom stereocenters. The molecule has 6 rings (SSSR count). The molecule has 0 saturated heterocycles. The zero-order chi connectivity index (χ0) is 58.4. The van der Waals surface area contributed by atoms with Gasteiger partial charge in [0.15, 0.2) is 6.29 Å². The summed E-state index contributed by atoms with van der Waals surface area (Å²) in [4.78, 5) is 23.9. The van der Waals surface area contributed by atoms with Crippen LogP contribution in [0.15, 0.2) is 64.7 Å². The maximum absolute atomic E-state index is 11.6. The number of thiophene rings is 6. The minimum Gasteiger partial charge on any atom is -0.297 e. The van der Waals surface area contributed by atoms with Gasteiger partial charge in [-0.25, -0.2) is 0 Å². The highest BCUT2D eigenvalue weighted by Gasteiger charge is 2.57. The van der Waals surface area contributed by atoms with Crippen LogP contribution in [0.4, 0.5) is 26.3 Å². The molecule has 0 spiro atoms. The third-order valence-electron chi connectivity index (χ3n) is 14.2. The van der Waals surface area contributed by atoms with Gasteiger partial charge < -0.3 is 0 Å². The minimum atomic E-state index is -6.85. The van der Waals surface area contributed by atoms with Crippen LogP contribution in [0.1, 0.15) is 190 Å². The highest BCUT2D eigenvalue weighted by atomic mass is 32.3. The van der Waals surface area contributed by atoms with Gasteiger partial charge in [0.1, 0.15) is 0 Å². The maximum Gasteiger partial charge on any atom is 0.524 e. The number of rotatable bonds is 31. The fourth-order valence-corrected chi connectivity index (χ4v) is 17.4. The van der Waals surface area contributed by atoms with Gasteiger partial charge in [-0.3, -0.25) is 4.79 Å². The smallest absolute Gasteiger partial charge is 0.297 e. The van der Waals surface area contributed by atoms with E-state index in [9.17, 15) is 48.0 Å². The molecule has 20 heteroatoms. The summed E-state index contributed by atoms with van der Waals surface area (Å²) in [5, 5.41) is 6.86. The van der Waals surface area contributed by atoms with Gasteiger partial charge in [-0.05, 0) is 136 Å². The second-order valence-corrected chi connectivity index (χ2v) is 29.4. The Morgan fingerprint density at radius 2 is 0.734 bits per heavy atom. The number of unbranched alkanes of at least 4 members (excludes halogenated alkanes) is 4. The molecule has 0 aliphatic carbocycles. The Kier molecular flexibility index (Phi) is 29.2. The summed E-state index contributed by atoms with van der Waals surface area (Å²) in [6.45, 7) is 18.5. The van der Waals surface area contributed by atoms with Crippen molar-refractivity contribution >= 4 is 94.5 Å². The van der Waals surface area contributed by atoms with Crippen LogP contribution in [0.3, 0.4) is 0 Å². The first-order valence-corrected chi connectivity index (χ1v) is 35.8. The van der Waals surface area contributed by atoms with E-state index in [0.29, 0.717) is 5.92 Å². The lowest BCUT2D eigenvalue weighted by atomic mass is 9.92. The largest absolute Gasteiger partial charge is 0.524 e. The summed E-state index contributed by atoms with van der Waals surface area (Å²) in [5.74, 6) is 3.14. The Bertz CT molecular complexity index is 2800. The molecule has 0 aliphatic rings. The van der Waals surface area contributed by atoms with Gasteiger partial charge in [0.2, 0.25) is 0 Å². The summed E-state index contributed by atoms with van der Waals surface area (Å²) < 4.78 is 110. The first kappa shape index (κ1) is 68.8. The van der Waals surface area contributed by atoms with Gasteiger partial charge in [0, 0.05) is 39.0 Å². The quantitative estimate of drug-likeness (QED) is 0.0244. The topological polar surface area (TPSA) is 94.6 Å². The Balaban J connectivity index is 0.000000273. The van der Waals surface area contributed by atoms with Crippen molar-refractivity contribution in [2.75, 3.05) is 0 Å². The molecule has 4 atom stereocenters. The van der Waals surface area contributed by atoms with E-state index in [1.165, 1.54) is 172 Å². The van der Waals surface area contributed by atoms with Gasteiger partial charge in [0.05, 0.1) is 4.88 Å². The van der Waals surface area contributed by atoms with E-state index in [-0.39, 0.29) is 0 Å². The van der Waals surface area contributed by atoms with Crippen molar-refractivity contribution in [2.45, 2.75) is 195 Å². The Morgan fingerprint density at radius 1 is 0.443 bits per heavy atom. The summed E-state index contributed by atoms with van der Waals surface area (Å²) in [7, 11) is -13.7. The molecule has 79 heavy (non-hydrogen) atoms. The molecule has 0 fully saturated rings. The molecule has 0 N–H and O–H groups in total. The average Bonchev–Trinajstić information content (AvgIpc) is 4.33. The van der Waals surface area contributed by atoms with Crippen molar-refractivity contribution in [1.82, 2.24) is 0 Å². The van der Waals surface area contributed by atoms with Gasteiger partial charge in [-0.15, -0.1) is 71.7 Å². The molecule has 0 saturated carbocycles. The van der Waals surface area contributed by atoms with Gasteiger partial charge in [-0.2, -0.15) is 43.2 Å². The van der Waals surface area contributed by atoms with E-state index in [2.05, 4.69) is 120 Å². The lowest BCUT2D eigenvalue weighted by Gasteiger charge is -2.14. The summed E-state index contributed by atoms with van der Waals surface area (Å²) in [6, 6.07) is 18.6. The Morgan fingerprint density at radius 3 is 1.00 bits per heavy atom. The van der Waals surface area contributed by atoms with Crippen LogP contribution >= 0.6 is 68.0 Å². The molecule has 442 valence electrons. The molecule has 0 bridgehead atoms. The highest BCUT2D eigenvalue weighted by Crippen LogP contribution is 2.45. The predicted molar refractivity (Wildman–Crippen MR) is 326 cm³/mol. The predicted octanol–water partition coefficient (Wildman–Crippen LogP) is 22.0. The first-order valence-electron chi connectivity index (χ1n) is 27.8. The number of halogens is 6. The highest BCUT2D eigenvalue weighted by molar-refractivity contribution is 8.00. The van der Waals surface area contributed by atoms with Crippen LogP contribution in [0.25, 0.3) is 39.0 Å². The van der Waals surface area contributed by atoms with E-state index in [1.807, 2.05) is 60.3 Å². The zero-order valence-electron chi connectivity index (χ0n) is 46.9. The summed E-state index contributed by atoms with van der Waals surface area (Å²) in [5.41, 5.74) is -6.49. The van der Waals surface area contributed by atoms with E-state index in [4.69, 9.17) is 0 Å². The van der Waals surface area contributed by atoms with Gasteiger partial charge in [0.25, 0.3) is 0 Å². The number of carbonyl (C=O) groups excluding carboxylic acids is 1. The third-order valence-corrected chi connectivity index (χ3v) is 23.7. The Hall–Kier alpha value is -2.69. The molecule has 6 nitrogen and oxygen atoms in total. The molecule has 0 aromatic carbocycles. The van der Waals surface area contributed by atoms with Crippen LogP contribution in [0.2, 0.25) is 0 Å². The lowest BCUT2D eigenvalue weighted by Crippen LogP contribution is -2.34. The number of alkyl halides is 6. The standard InChI is InChI=1S/C29H40OS3.C28H40S3.C2F6O5S2/c1-5-9-11-21(7-3)17-23-15-16-31-28(23)26-13-14-27(33-26)29-24(19-25(20-30)32-29)18-22(8-4)12-10-6-2;1-5-9-11-21(7-3)19-23-15-17-29-27(23)25-13-14-26(31-25)28-24(16-18-30-28)20-22(8-4)12-10-6-2;3-1(4,5)14(9,10)13-15(11,12)2(6,7)8/h13-16,19-22H,5-12,17-18H2,1-4H3;13-18,21-22H,5-12,19-20H2,1-4H3;. The summed E-state index contributed by atoms with van der Waals surface area (Å²) in [6.07, 6.45) is 26.7. The van der Waals surface area contributed by atoms with E-state index < -0.39 is 31.3 Å². The molecular formula is C59H80F6O6S8. The normalized spacial score (nSPS) is 13.8. The fourth-order valence-electron chi connectivity index (χ4n) is 9.38. The molecule has 0 amide bonds. The van der Waals surface area contributed by atoms with Gasteiger partial charge in [-0.1, -0.05) is 158 Å². The molecule has 0 radical (unpaired) electrons. The van der Waals surface area contributed by atoms with Crippen molar-refractivity contribution < 1.29 is 51.6 Å². The lowest BCUT2D eigenvalue weighted by molar-refractivity contribution is -0.0585. The molecule has 6 heterocycles. The van der Waals surface area contributed by atoms with Crippen molar-refractivity contribution in [3.63, 3.8) is 0 Å². The van der Waals surface area contributed by atoms with Crippen molar-refractivity contribution in [2.24, 2.45) is 23.7 Å². The van der Waals surface area contributed by atoms with Crippen LogP contribution < -0.4 is 0 Å². The second kappa shape index (κ2) is 33.6. The third kappa shape index (κ3) is 20.9. The van der Waals surface area contributed by atoms with Crippen LogP contribution in [0, 0.1) is 23.7 Å². The van der Waals surface area contributed by atoms with Crippen molar-refractivity contribution in [1.29, 1.82) is 0 Å². The van der Waals surface area contributed by atoms with E-state index in [1.54, 1.807) is 22.5 Å². The van der Waals surface area contributed by atoms with Crippen LogP contribution in [-0.2, 0) is 49.5 Å². The monoisotopic (exact) mass is 1250 g/mol. The summed E-state index contributed by atoms with van der Waals surface area (Å²) >= 11 is 11.3. The minimum absolute atomic E-state index is 0.704. The number of hydrogen-bond acceptors (Lipinski definition) is 12. The fraction of sp³-hybridized carbons (Fsp3) is 0.576. The first-order chi connectivity index (χ1) is 37.5. The van der Waals surface area contributed by atoms with Gasteiger partial charge >= 0.3 is 31.3 Å². The van der Waals surface area contributed by atoms with Crippen LogP contribution in [0.5, 0.6) is 0 Å². The van der Waals surface area contributed by atoms with Crippen LogP contribution in [-0.4, -0.2) is 34.1 Å². The maximum atomic E-state index is 11.6. The van der Waals surface area contributed by atoms with E-state index >= 15 is 0 Å². The SMILES string of the molecule is CCCCC(CC)Cc1ccsc1-c1ccc(-c2sc(C=O)cc2CC(CC)CCCC)s1.CCCCC(CC)Cc1ccsc1-c1ccc(-c2sccc2CC(CC)CCCC)s1.O=S(=O)(OS(=O)(=O)C(F)(F)F)C(F)(F)F. The van der Waals surface area contributed by atoms with Crippen molar-refractivity contribution in [3.05, 3.63) is 91.8 Å². The molecule has 6 aromatic heterocycles. The second-order valence-electron chi connectivity index (χ2n) is 20.1. The number of aldehydes is 1. The average molecular weight is 1260 g/mol. The van der Waals surface area contributed by atoms with Crippen molar-refractivity contribution in [3.8, 4) is 39.0 Å². The van der Waals surface area contributed by atoms with E-state index in [0.717, 1.165) is 35.3 Å². The molecule has 0 aliphatic heterocycles.